The fourth-order valence-electron chi connectivity index (χ4n) is 4.89. The van der Waals surface area contributed by atoms with Gasteiger partial charge in [-0.15, -0.1) is 0 Å². The van der Waals surface area contributed by atoms with Crippen LogP contribution in [0.4, 0.5) is 0 Å². The van der Waals surface area contributed by atoms with Crippen LogP contribution in [0, 0.1) is 0 Å². The lowest BCUT2D eigenvalue weighted by atomic mass is 10.0. The van der Waals surface area contributed by atoms with E-state index < -0.39 is 6.04 Å². The molecule has 1 aliphatic carbocycles. The number of unbranched alkanes of at least 4 members (excludes halogenated alkanes) is 1. The second kappa shape index (κ2) is 12.0. The van der Waals surface area contributed by atoms with E-state index in [2.05, 4.69) is 12.2 Å². The van der Waals surface area contributed by atoms with Crippen molar-refractivity contribution in [2.75, 3.05) is 21.0 Å². The summed E-state index contributed by atoms with van der Waals surface area (Å²) in [5.74, 6) is 2.00. The van der Waals surface area contributed by atoms with Gasteiger partial charge in [0.25, 0.3) is 5.91 Å². The van der Waals surface area contributed by atoms with E-state index in [1.807, 2.05) is 18.2 Å². The third-order valence-corrected chi connectivity index (χ3v) is 6.89. The zero-order valence-corrected chi connectivity index (χ0v) is 21.4. The summed E-state index contributed by atoms with van der Waals surface area (Å²) in [5.41, 5.74) is 1.30. The quantitative estimate of drug-likeness (QED) is 0.486. The first-order valence-electron chi connectivity index (χ1n) is 12.8. The topological polar surface area (TPSA) is 86.3 Å². The van der Waals surface area contributed by atoms with E-state index in [1.165, 1.54) is 7.11 Å². The summed E-state index contributed by atoms with van der Waals surface area (Å²) in [6.07, 6.45) is 6.55. The standard InChI is InChI=1S/C28H36N2O6/c1-4-5-10-22(27(31)29-21-8-6-7-9-21)30(17-19-11-13-24-26(15-19)36-18-35-24)28(32)20-12-14-23(33-2)25(16-20)34-3/h11-16,21-22H,4-10,17-18H2,1-3H3,(H,29,31). The molecule has 1 N–H and O–H groups in total. The first-order valence-corrected chi connectivity index (χ1v) is 12.8. The summed E-state index contributed by atoms with van der Waals surface area (Å²) in [6, 6.07) is 10.3. The number of methoxy groups -OCH3 is 2. The van der Waals surface area contributed by atoms with Crippen LogP contribution < -0.4 is 24.3 Å². The van der Waals surface area contributed by atoms with Gasteiger partial charge in [-0.05, 0) is 55.2 Å². The Balaban J connectivity index is 1.67. The molecule has 2 aliphatic rings. The molecule has 2 amide bonds. The second-order valence-corrected chi connectivity index (χ2v) is 9.34. The number of fused-ring (bicyclic) bond motifs is 1. The summed E-state index contributed by atoms with van der Waals surface area (Å²) >= 11 is 0. The van der Waals surface area contributed by atoms with E-state index >= 15 is 0 Å². The number of ether oxygens (including phenoxy) is 4. The van der Waals surface area contributed by atoms with Crippen LogP contribution in [0.5, 0.6) is 23.0 Å². The molecule has 0 radical (unpaired) electrons. The van der Waals surface area contributed by atoms with E-state index in [0.29, 0.717) is 35.0 Å². The summed E-state index contributed by atoms with van der Waals surface area (Å²) in [6.45, 7) is 2.52. The Morgan fingerprint density at radius 1 is 1.03 bits per heavy atom. The van der Waals surface area contributed by atoms with E-state index in [0.717, 1.165) is 44.1 Å². The molecule has 8 nitrogen and oxygen atoms in total. The Bertz CT molecular complexity index is 1070. The Morgan fingerprint density at radius 2 is 1.78 bits per heavy atom. The Labute approximate surface area is 212 Å². The minimum Gasteiger partial charge on any atom is -0.493 e. The Kier molecular flexibility index (Phi) is 8.57. The van der Waals surface area contributed by atoms with Gasteiger partial charge >= 0.3 is 0 Å². The normalized spacial score (nSPS) is 15.4. The van der Waals surface area contributed by atoms with Crippen molar-refractivity contribution >= 4 is 11.8 Å². The molecule has 2 aromatic rings. The number of nitrogens with zero attached hydrogens (tertiary/aromatic N) is 1. The smallest absolute Gasteiger partial charge is 0.254 e. The molecule has 2 aromatic carbocycles. The minimum atomic E-state index is -0.600. The van der Waals surface area contributed by atoms with Crippen LogP contribution in [0.3, 0.4) is 0 Å². The van der Waals surface area contributed by atoms with Gasteiger partial charge in [0.2, 0.25) is 12.7 Å². The molecule has 4 rings (SSSR count). The van der Waals surface area contributed by atoms with E-state index in [9.17, 15) is 9.59 Å². The zero-order chi connectivity index (χ0) is 25.5. The average Bonchev–Trinajstić information content (AvgIpc) is 3.59. The highest BCUT2D eigenvalue weighted by molar-refractivity contribution is 5.98. The van der Waals surface area contributed by atoms with Crippen LogP contribution in [0.1, 0.15) is 67.8 Å². The number of amides is 2. The predicted molar refractivity (Wildman–Crippen MR) is 136 cm³/mol. The lowest BCUT2D eigenvalue weighted by Gasteiger charge is -2.32. The summed E-state index contributed by atoms with van der Waals surface area (Å²) < 4.78 is 21.8. The molecule has 0 aromatic heterocycles. The Hall–Kier alpha value is -3.42. The first kappa shape index (κ1) is 25.7. The molecule has 1 atom stereocenters. The number of hydrogen-bond donors (Lipinski definition) is 1. The van der Waals surface area contributed by atoms with Crippen LogP contribution in [0.15, 0.2) is 36.4 Å². The van der Waals surface area contributed by atoms with Crippen molar-refractivity contribution in [3.05, 3.63) is 47.5 Å². The maximum absolute atomic E-state index is 14.0. The van der Waals surface area contributed by atoms with Gasteiger partial charge in [0.15, 0.2) is 23.0 Å². The average molecular weight is 497 g/mol. The molecule has 36 heavy (non-hydrogen) atoms. The zero-order valence-electron chi connectivity index (χ0n) is 21.4. The molecule has 1 saturated carbocycles. The lowest BCUT2D eigenvalue weighted by molar-refractivity contribution is -0.126. The minimum absolute atomic E-state index is 0.0927. The predicted octanol–water partition coefficient (Wildman–Crippen LogP) is 4.69. The molecule has 0 saturated heterocycles. The lowest BCUT2D eigenvalue weighted by Crippen LogP contribution is -2.51. The number of benzene rings is 2. The molecule has 1 heterocycles. The second-order valence-electron chi connectivity index (χ2n) is 9.34. The van der Waals surface area contributed by atoms with Crippen LogP contribution in [-0.4, -0.2) is 49.8 Å². The van der Waals surface area contributed by atoms with E-state index in [-0.39, 0.29) is 31.2 Å². The molecule has 1 aliphatic heterocycles. The maximum Gasteiger partial charge on any atom is 0.254 e. The van der Waals surface area contributed by atoms with Crippen LogP contribution in [0.25, 0.3) is 0 Å². The van der Waals surface area contributed by atoms with Gasteiger partial charge in [-0.3, -0.25) is 9.59 Å². The molecule has 1 unspecified atom stereocenters. The third-order valence-electron chi connectivity index (χ3n) is 6.89. The number of carbonyl (C=O) groups is 2. The van der Waals surface area contributed by atoms with E-state index in [4.69, 9.17) is 18.9 Å². The summed E-state index contributed by atoms with van der Waals surface area (Å²) in [7, 11) is 3.09. The van der Waals surface area contributed by atoms with Crippen molar-refractivity contribution < 1.29 is 28.5 Å². The molecule has 0 bridgehead atoms. The van der Waals surface area contributed by atoms with Gasteiger partial charge < -0.3 is 29.2 Å². The van der Waals surface area contributed by atoms with Crippen molar-refractivity contribution in [3.63, 3.8) is 0 Å². The van der Waals surface area contributed by atoms with Crippen molar-refractivity contribution in [2.45, 2.75) is 70.5 Å². The fourth-order valence-corrected chi connectivity index (χ4v) is 4.89. The largest absolute Gasteiger partial charge is 0.493 e. The van der Waals surface area contributed by atoms with Crippen molar-refractivity contribution in [1.82, 2.24) is 10.2 Å². The highest BCUT2D eigenvalue weighted by Gasteiger charge is 2.32. The van der Waals surface area contributed by atoms with Crippen molar-refractivity contribution in [3.8, 4) is 23.0 Å². The highest BCUT2D eigenvalue weighted by atomic mass is 16.7. The van der Waals surface area contributed by atoms with Crippen LogP contribution in [-0.2, 0) is 11.3 Å². The Morgan fingerprint density at radius 3 is 2.50 bits per heavy atom. The third kappa shape index (κ3) is 5.86. The van der Waals surface area contributed by atoms with Gasteiger partial charge in [0.1, 0.15) is 6.04 Å². The molecular formula is C28H36N2O6. The summed E-state index contributed by atoms with van der Waals surface area (Å²) in [5, 5.41) is 3.22. The SMILES string of the molecule is CCCCC(C(=O)NC1CCCC1)N(Cc1ccc2c(c1)OCO2)C(=O)c1ccc(OC)c(OC)c1. The van der Waals surface area contributed by atoms with Gasteiger partial charge in [0, 0.05) is 18.2 Å². The summed E-state index contributed by atoms with van der Waals surface area (Å²) in [4.78, 5) is 29.3. The highest BCUT2D eigenvalue weighted by Crippen LogP contribution is 2.34. The van der Waals surface area contributed by atoms with Crippen LogP contribution >= 0.6 is 0 Å². The van der Waals surface area contributed by atoms with Crippen molar-refractivity contribution in [1.29, 1.82) is 0 Å². The molecule has 194 valence electrons. The van der Waals surface area contributed by atoms with Gasteiger partial charge in [-0.2, -0.15) is 0 Å². The molecular weight excluding hydrogens is 460 g/mol. The van der Waals surface area contributed by atoms with E-state index in [1.54, 1.807) is 30.2 Å². The molecule has 8 heteroatoms. The van der Waals surface area contributed by atoms with Gasteiger partial charge in [0.05, 0.1) is 14.2 Å². The molecule has 1 fully saturated rings. The van der Waals surface area contributed by atoms with Gasteiger partial charge in [-0.1, -0.05) is 38.7 Å². The number of nitrogens with one attached hydrogen (secondary N) is 1. The number of carbonyl (C=O) groups excluding carboxylic acids is 2. The van der Waals surface area contributed by atoms with Crippen molar-refractivity contribution in [2.24, 2.45) is 0 Å². The molecule has 0 spiro atoms. The van der Waals surface area contributed by atoms with Gasteiger partial charge in [-0.25, -0.2) is 0 Å². The number of hydrogen-bond acceptors (Lipinski definition) is 6. The van der Waals surface area contributed by atoms with Crippen LogP contribution in [0.2, 0.25) is 0 Å². The maximum atomic E-state index is 14.0. The monoisotopic (exact) mass is 496 g/mol. The fraction of sp³-hybridized carbons (Fsp3) is 0.500. The number of rotatable bonds is 11. The first-order chi connectivity index (χ1) is 17.5.